The fourth-order valence-corrected chi connectivity index (χ4v) is 1.39. The van der Waals surface area contributed by atoms with E-state index in [0.717, 1.165) is 10.6 Å². The Kier molecular flexibility index (Phi) is 5.38. The molecule has 2 aromatic carbocycles. The molecule has 0 heterocycles. The monoisotopic (exact) mass is 230 g/mol. The van der Waals surface area contributed by atoms with Crippen molar-refractivity contribution in [2.24, 2.45) is 0 Å². The van der Waals surface area contributed by atoms with E-state index in [4.69, 9.17) is 11.6 Å². The molecule has 0 spiro atoms. The third kappa shape index (κ3) is 4.33. The summed E-state index contributed by atoms with van der Waals surface area (Å²) in [6, 6.07) is 17.9. The molecule has 0 aliphatic rings. The summed E-state index contributed by atoms with van der Waals surface area (Å²) in [5, 5.41) is 0.757. The molecular weight excluding hydrogens is 216 g/mol. The maximum Gasteiger partial charge on any atom is 0.0478 e. The summed E-state index contributed by atoms with van der Waals surface area (Å²) in [5.74, 6) is 0. The van der Waals surface area contributed by atoms with Crippen LogP contribution >= 0.6 is 11.6 Å². The lowest BCUT2D eigenvalue weighted by Gasteiger charge is -1.92. The van der Waals surface area contributed by atoms with Gasteiger partial charge in [0.05, 0.1) is 0 Å². The molecule has 16 heavy (non-hydrogen) atoms. The number of benzene rings is 2. The smallest absolute Gasteiger partial charge is 0.0478 e. The highest BCUT2D eigenvalue weighted by Gasteiger charge is 1.89. The van der Waals surface area contributed by atoms with Gasteiger partial charge in [-0.3, -0.25) is 0 Å². The Morgan fingerprint density at radius 1 is 0.938 bits per heavy atom. The second-order valence-corrected chi connectivity index (χ2v) is 3.79. The summed E-state index contributed by atoms with van der Waals surface area (Å²) in [6.45, 7) is 5.69. The van der Waals surface area contributed by atoms with Gasteiger partial charge in [0.2, 0.25) is 0 Å². The largest absolute Gasteiger partial charge is 0.0984 e. The number of aryl methyl sites for hydroxylation is 1. The highest BCUT2D eigenvalue weighted by Crippen LogP contribution is 2.14. The van der Waals surface area contributed by atoms with E-state index in [9.17, 15) is 0 Å². The van der Waals surface area contributed by atoms with E-state index < -0.39 is 0 Å². The van der Waals surface area contributed by atoms with Crippen molar-refractivity contribution in [1.29, 1.82) is 0 Å². The predicted octanol–water partition coefficient (Wildman–Crippen LogP) is 4.98. The SMILES string of the molecule is C=Cc1ccccc1Cl.Cc1ccccc1. The minimum atomic E-state index is 0.757. The quantitative estimate of drug-likeness (QED) is 0.648. The predicted molar refractivity (Wildman–Crippen MR) is 72.7 cm³/mol. The van der Waals surface area contributed by atoms with E-state index in [1.165, 1.54) is 5.56 Å². The van der Waals surface area contributed by atoms with Gasteiger partial charge in [-0.05, 0) is 18.6 Å². The lowest BCUT2D eigenvalue weighted by Crippen LogP contribution is -1.69. The van der Waals surface area contributed by atoms with Gasteiger partial charge in [-0.25, -0.2) is 0 Å². The van der Waals surface area contributed by atoms with Gasteiger partial charge in [0.15, 0.2) is 0 Å². The molecule has 0 aliphatic carbocycles. The van der Waals surface area contributed by atoms with E-state index in [0.29, 0.717) is 0 Å². The molecule has 0 atom stereocenters. The molecule has 0 bridgehead atoms. The van der Waals surface area contributed by atoms with Crippen molar-refractivity contribution in [2.45, 2.75) is 6.92 Å². The Morgan fingerprint density at radius 2 is 1.50 bits per heavy atom. The van der Waals surface area contributed by atoms with Gasteiger partial charge in [0.1, 0.15) is 0 Å². The van der Waals surface area contributed by atoms with Crippen molar-refractivity contribution in [1.82, 2.24) is 0 Å². The third-order valence-electron chi connectivity index (χ3n) is 2.07. The van der Waals surface area contributed by atoms with Crippen LogP contribution < -0.4 is 0 Å². The summed E-state index contributed by atoms with van der Waals surface area (Å²) < 4.78 is 0. The Hall–Kier alpha value is -1.53. The van der Waals surface area contributed by atoms with E-state index in [1.54, 1.807) is 6.08 Å². The van der Waals surface area contributed by atoms with Crippen LogP contribution in [0.15, 0.2) is 61.2 Å². The fraction of sp³-hybridized carbons (Fsp3) is 0.0667. The van der Waals surface area contributed by atoms with Crippen LogP contribution in [0.4, 0.5) is 0 Å². The summed E-state index contributed by atoms with van der Waals surface area (Å²) in [6.07, 6.45) is 1.74. The summed E-state index contributed by atoms with van der Waals surface area (Å²) in [4.78, 5) is 0. The van der Waals surface area contributed by atoms with Gasteiger partial charge in [0.25, 0.3) is 0 Å². The lowest BCUT2D eigenvalue weighted by atomic mass is 10.2. The number of halogens is 1. The van der Waals surface area contributed by atoms with Crippen LogP contribution in [0.2, 0.25) is 5.02 Å². The van der Waals surface area contributed by atoms with Crippen LogP contribution in [0.25, 0.3) is 6.08 Å². The van der Waals surface area contributed by atoms with E-state index >= 15 is 0 Å². The number of hydrogen-bond acceptors (Lipinski definition) is 0. The fourth-order valence-electron chi connectivity index (χ4n) is 1.18. The molecule has 0 aromatic heterocycles. The van der Waals surface area contributed by atoms with E-state index in [-0.39, 0.29) is 0 Å². The van der Waals surface area contributed by atoms with Gasteiger partial charge in [-0.2, -0.15) is 0 Å². The summed E-state index contributed by atoms with van der Waals surface area (Å²) >= 11 is 5.75. The Labute approximate surface area is 102 Å². The van der Waals surface area contributed by atoms with Crippen molar-refractivity contribution < 1.29 is 0 Å². The Bertz CT molecular complexity index is 432. The molecule has 2 rings (SSSR count). The number of hydrogen-bond donors (Lipinski definition) is 0. The minimum Gasteiger partial charge on any atom is -0.0984 e. The van der Waals surface area contributed by atoms with Crippen molar-refractivity contribution >= 4 is 17.7 Å². The minimum absolute atomic E-state index is 0.757. The standard InChI is InChI=1S/C8H7Cl.C7H8/c1-2-7-5-3-4-6-8(7)9;1-7-5-3-2-4-6-7/h2-6H,1H2;2-6H,1H3. The summed E-state index contributed by atoms with van der Waals surface area (Å²) in [5.41, 5.74) is 2.31. The van der Waals surface area contributed by atoms with Gasteiger partial charge in [-0.15, -0.1) is 0 Å². The van der Waals surface area contributed by atoms with Gasteiger partial charge >= 0.3 is 0 Å². The molecule has 0 radical (unpaired) electrons. The van der Waals surface area contributed by atoms with Crippen LogP contribution in [0, 0.1) is 6.92 Å². The molecule has 1 heteroatoms. The lowest BCUT2D eigenvalue weighted by molar-refractivity contribution is 1.48. The zero-order chi connectivity index (χ0) is 11.8. The molecule has 0 fully saturated rings. The average molecular weight is 231 g/mol. The molecular formula is C15H15Cl. The Balaban J connectivity index is 0.000000165. The zero-order valence-electron chi connectivity index (χ0n) is 9.36. The maximum atomic E-state index is 5.75. The van der Waals surface area contributed by atoms with Crippen molar-refractivity contribution in [2.75, 3.05) is 0 Å². The van der Waals surface area contributed by atoms with Crippen molar-refractivity contribution in [3.8, 4) is 0 Å². The first-order valence-electron chi connectivity index (χ1n) is 5.12. The third-order valence-corrected chi connectivity index (χ3v) is 2.41. The highest BCUT2D eigenvalue weighted by atomic mass is 35.5. The molecule has 0 unspecified atom stereocenters. The molecule has 82 valence electrons. The second-order valence-electron chi connectivity index (χ2n) is 3.38. The molecule has 0 saturated carbocycles. The van der Waals surface area contributed by atoms with Gasteiger partial charge in [0, 0.05) is 5.02 Å². The van der Waals surface area contributed by atoms with Crippen LogP contribution in [-0.2, 0) is 0 Å². The molecule has 0 nitrogen and oxygen atoms in total. The first kappa shape index (κ1) is 12.5. The van der Waals surface area contributed by atoms with Crippen molar-refractivity contribution in [3.05, 3.63) is 77.3 Å². The molecule has 2 aromatic rings. The molecule has 0 N–H and O–H groups in total. The first-order chi connectivity index (χ1) is 7.74. The van der Waals surface area contributed by atoms with Crippen LogP contribution in [0.1, 0.15) is 11.1 Å². The van der Waals surface area contributed by atoms with E-state index in [1.807, 2.05) is 42.5 Å². The highest BCUT2D eigenvalue weighted by molar-refractivity contribution is 6.32. The second kappa shape index (κ2) is 6.86. The topological polar surface area (TPSA) is 0 Å². The van der Waals surface area contributed by atoms with E-state index in [2.05, 4.69) is 25.6 Å². The van der Waals surface area contributed by atoms with Crippen LogP contribution in [-0.4, -0.2) is 0 Å². The molecule has 0 amide bonds. The molecule has 0 saturated heterocycles. The first-order valence-corrected chi connectivity index (χ1v) is 5.50. The van der Waals surface area contributed by atoms with Gasteiger partial charge < -0.3 is 0 Å². The molecule has 0 aliphatic heterocycles. The van der Waals surface area contributed by atoms with Gasteiger partial charge in [-0.1, -0.05) is 78.4 Å². The van der Waals surface area contributed by atoms with Crippen LogP contribution in [0.3, 0.4) is 0 Å². The zero-order valence-corrected chi connectivity index (χ0v) is 10.1. The maximum absolute atomic E-state index is 5.75. The Morgan fingerprint density at radius 3 is 1.88 bits per heavy atom. The number of rotatable bonds is 1. The normalized spacial score (nSPS) is 8.88. The summed E-state index contributed by atoms with van der Waals surface area (Å²) in [7, 11) is 0. The van der Waals surface area contributed by atoms with Crippen LogP contribution in [0.5, 0.6) is 0 Å². The average Bonchev–Trinajstić information content (AvgIpc) is 2.31. The van der Waals surface area contributed by atoms with Crippen molar-refractivity contribution in [3.63, 3.8) is 0 Å².